The Morgan fingerprint density at radius 1 is 1.35 bits per heavy atom. The Morgan fingerprint density at radius 3 is 2.75 bits per heavy atom. The van der Waals surface area contributed by atoms with Crippen molar-refractivity contribution in [1.29, 1.82) is 0 Å². The number of amides is 1. The van der Waals surface area contributed by atoms with E-state index >= 15 is 0 Å². The number of anilines is 1. The third kappa shape index (κ3) is 4.40. The molecule has 0 aliphatic carbocycles. The minimum absolute atomic E-state index is 0.191. The fraction of sp³-hybridized carbons (Fsp3) is 0.214. The van der Waals surface area contributed by atoms with E-state index in [0.717, 1.165) is 15.2 Å². The molecule has 0 spiro atoms. The van der Waals surface area contributed by atoms with Crippen molar-refractivity contribution in [3.8, 4) is 0 Å². The SMILES string of the molecule is C[NH+](CC(=O)Nc1ccccc1F)Cc1ccc(Br)s1. The fourth-order valence-electron chi connectivity index (χ4n) is 1.84. The average Bonchev–Trinajstić information content (AvgIpc) is 2.77. The Labute approximate surface area is 129 Å². The van der Waals surface area contributed by atoms with E-state index in [9.17, 15) is 9.18 Å². The molecule has 0 fully saturated rings. The summed E-state index contributed by atoms with van der Waals surface area (Å²) in [6.07, 6.45) is 0. The van der Waals surface area contributed by atoms with Gasteiger partial charge in [-0.1, -0.05) is 12.1 Å². The van der Waals surface area contributed by atoms with Crippen molar-refractivity contribution >= 4 is 38.9 Å². The van der Waals surface area contributed by atoms with Crippen LogP contribution in [0.1, 0.15) is 4.88 Å². The van der Waals surface area contributed by atoms with Crippen LogP contribution in [0.2, 0.25) is 0 Å². The van der Waals surface area contributed by atoms with Crippen LogP contribution in [0.15, 0.2) is 40.2 Å². The summed E-state index contributed by atoms with van der Waals surface area (Å²) < 4.78 is 14.5. The van der Waals surface area contributed by atoms with Crippen LogP contribution in [0.5, 0.6) is 0 Å². The molecule has 3 nitrogen and oxygen atoms in total. The molecule has 1 aromatic carbocycles. The maximum absolute atomic E-state index is 13.4. The lowest BCUT2D eigenvalue weighted by atomic mass is 10.3. The van der Waals surface area contributed by atoms with Gasteiger partial charge < -0.3 is 10.2 Å². The summed E-state index contributed by atoms with van der Waals surface area (Å²) >= 11 is 5.07. The van der Waals surface area contributed by atoms with Gasteiger partial charge in [0.1, 0.15) is 12.4 Å². The van der Waals surface area contributed by atoms with Crippen LogP contribution < -0.4 is 10.2 Å². The molecule has 0 saturated heterocycles. The van der Waals surface area contributed by atoms with Gasteiger partial charge in [-0.15, -0.1) is 11.3 Å². The number of quaternary nitrogens is 1. The fourth-order valence-corrected chi connectivity index (χ4v) is 3.43. The first-order valence-electron chi connectivity index (χ1n) is 6.14. The van der Waals surface area contributed by atoms with E-state index in [1.165, 1.54) is 10.9 Å². The van der Waals surface area contributed by atoms with Crippen LogP contribution in [-0.2, 0) is 11.3 Å². The number of hydrogen-bond acceptors (Lipinski definition) is 2. The lowest BCUT2D eigenvalue weighted by Crippen LogP contribution is -3.08. The van der Waals surface area contributed by atoms with Crippen LogP contribution in [0, 0.1) is 5.82 Å². The quantitative estimate of drug-likeness (QED) is 0.845. The molecular weight excluding hydrogens is 343 g/mol. The molecule has 1 amide bonds. The number of para-hydroxylation sites is 1. The summed E-state index contributed by atoms with van der Waals surface area (Å²) in [5, 5.41) is 2.59. The van der Waals surface area contributed by atoms with Gasteiger partial charge in [-0.05, 0) is 40.2 Å². The molecule has 20 heavy (non-hydrogen) atoms. The number of likely N-dealkylation sites (N-methyl/N-ethyl adjacent to an activating group) is 1. The summed E-state index contributed by atoms with van der Waals surface area (Å²) in [7, 11) is 1.94. The number of carbonyl (C=O) groups is 1. The number of thiophene rings is 1. The van der Waals surface area contributed by atoms with Gasteiger partial charge in [0.15, 0.2) is 6.54 Å². The Bertz CT molecular complexity index is 602. The molecular formula is C14H15BrFN2OS+. The summed E-state index contributed by atoms with van der Waals surface area (Å²) in [5.74, 6) is -0.607. The van der Waals surface area contributed by atoms with Gasteiger partial charge in [0.2, 0.25) is 0 Å². The average molecular weight is 358 g/mol. The minimum Gasteiger partial charge on any atom is -0.325 e. The van der Waals surface area contributed by atoms with Gasteiger partial charge in [-0.3, -0.25) is 4.79 Å². The van der Waals surface area contributed by atoms with Crippen LogP contribution in [0.3, 0.4) is 0 Å². The molecule has 1 heterocycles. The molecule has 106 valence electrons. The second-order valence-corrected chi connectivity index (χ2v) is 7.09. The Morgan fingerprint density at radius 2 is 2.10 bits per heavy atom. The van der Waals surface area contributed by atoms with Gasteiger partial charge >= 0.3 is 0 Å². The van der Waals surface area contributed by atoms with Gasteiger partial charge in [-0.25, -0.2) is 4.39 Å². The van der Waals surface area contributed by atoms with E-state index in [1.54, 1.807) is 29.5 Å². The van der Waals surface area contributed by atoms with E-state index < -0.39 is 5.82 Å². The highest BCUT2D eigenvalue weighted by Gasteiger charge is 2.13. The number of halogens is 2. The number of rotatable bonds is 5. The number of nitrogens with one attached hydrogen (secondary N) is 2. The second kappa shape index (κ2) is 6.97. The number of carbonyl (C=O) groups excluding carboxylic acids is 1. The predicted molar refractivity (Wildman–Crippen MR) is 82.5 cm³/mol. The Kier molecular flexibility index (Phi) is 5.28. The maximum Gasteiger partial charge on any atom is 0.279 e. The highest BCUT2D eigenvalue weighted by molar-refractivity contribution is 9.11. The predicted octanol–water partition coefficient (Wildman–Crippen LogP) is 2.30. The topological polar surface area (TPSA) is 33.5 Å². The molecule has 0 radical (unpaired) electrons. The monoisotopic (exact) mass is 357 g/mol. The third-order valence-electron chi connectivity index (χ3n) is 2.72. The highest BCUT2D eigenvalue weighted by atomic mass is 79.9. The van der Waals surface area contributed by atoms with Crippen molar-refractivity contribution in [2.24, 2.45) is 0 Å². The normalized spacial score (nSPS) is 12.2. The van der Waals surface area contributed by atoms with Crippen LogP contribution in [0.25, 0.3) is 0 Å². The van der Waals surface area contributed by atoms with Crippen molar-refractivity contribution in [2.75, 3.05) is 18.9 Å². The van der Waals surface area contributed by atoms with Crippen molar-refractivity contribution < 1.29 is 14.1 Å². The first-order chi connectivity index (χ1) is 9.54. The molecule has 1 unspecified atom stereocenters. The van der Waals surface area contributed by atoms with Gasteiger partial charge in [-0.2, -0.15) is 0 Å². The molecule has 0 saturated carbocycles. The zero-order valence-corrected chi connectivity index (χ0v) is 13.4. The van der Waals surface area contributed by atoms with E-state index in [0.29, 0.717) is 6.54 Å². The van der Waals surface area contributed by atoms with Crippen LogP contribution in [0.4, 0.5) is 10.1 Å². The van der Waals surface area contributed by atoms with Gasteiger partial charge in [0.25, 0.3) is 5.91 Å². The molecule has 0 aliphatic heterocycles. The zero-order chi connectivity index (χ0) is 14.5. The van der Waals surface area contributed by atoms with Gasteiger partial charge in [0, 0.05) is 0 Å². The lowest BCUT2D eigenvalue weighted by Gasteiger charge is -2.13. The zero-order valence-electron chi connectivity index (χ0n) is 11.0. The summed E-state index contributed by atoms with van der Waals surface area (Å²) in [6.45, 7) is 1.06. The van der Waals surface area contributed by atoms with E-state index in [-0.39, 0.29) is 11.6 Å². The molecule has 1 aromatic heterocycles. The first kappa shape index (κ1) is 15.2. The number of benzene rings is 1. The Hall–Kier alpha value is -1.24. The van der Waals surface area contributed by atoms with E-state index in [2.05, 4.69) is 21.2 Å². The summed E-state index contributed by atoms with van der Waals surface area (Å²) in [5.41, 5.74) is 0.226. The molecule has 2 N–H and O–H groups in total. The largest absolute Gasteiger partial charge is 0.325 e. The smallest absolute Gasteiger partial charge is 0.279 e. The van der Waals surface area contributed by atoms with Gasteiger partial charge in [0.05, 0.1) is 21.4 Å². The molecule has 1 atom stereocenters. The third-order valence-corrected chi connectivity index (χ3v) is 4.34. The Balaban J connectivity index is 1.86. The molecule has 2 aromatic rings. The highest BCUT2D eigenvalue weighted by Crippen LogP contribution is 2.21. The van der Waals surface area contributed by atoms with Crippen molar-refractivity contribution in [1.82, 2.24) is 0 Å². The number of hydrogen-bond donors (Lipinski definition) is 2. The second-order valence-electron chi connectivity index (χ2n) is 4.54. The standard InChI is InChI=1S/C14H14BrFN2OS/c1-18(8-10-6-7-13(15)20-10)9-14(19)17-12-5-3-2-4-11(12)16/h2-7H,8-9H2,1H3,(H,17,19)/p+1. The molecule has 0 bridgehead atoms. The van der Waals surface area contributed by atoms with Crippen LogP contribution >= 0.6 is 27.3 Å². The van der Waals surface area contributed by atoms with Crippen molar-refractivity contribution in [3.05, 3.63) is 50.9 Å². The maximum atomic E-state index is 13.4. The lowest BCUT2D eigenvalue weighted by molar-refractivity contribution is -0.884. The van der Waals surface area contributed by atoms with E-state index in [4.69, 9.17) is 0 Å². The summed E-state index contributed by atoms with van der Waals surface area (Å²) in [4.78, 5) is 14.1. The van der Waals surface area contributed by atoms with Crippen molar-refractivity contribution in [2.45, 2.75) is 6.54 Å². The molecule has 6 heteroatoms. The minimum atomic E-state index is -0.416. The van der Waals surface area contributed by atoms with E-state index in [1.807, 2.05) is 19.2 Å². The molecule has 0 aliphatic rings. The summed E-state index contributed by atoms with van der Waals surface area (Å²) in [6, 6.07) is 10.2. The van der Waals surface area contributed by atoms with Crippen LogP contribution in [-0.4, -0.2) is 19.5 Å². The molecule has 2 rings (SSSR count). The van der Waals surface area contributed by atoms with Crippen molar-refractivity contribution in [3.63, 3.8) is 0 Å². The first-order valence-corrected chi connectivity index (χ1v) is 7.75.